The summed E-state index contributed by atoms with van der Waals surface area (Å²) in [7, 11) is 0. The molecule has 5 heteroatoms. The van der Waals surface area contributed by atoms with Crippen molar-refractivity contribution in [2.75, 3.05) is 11.5 Å². The topological polar surface area (TPSA) is 87.6 Å². The molecule has 1 heterocycles. The Balaban J connectivity index is 0.00000133. The van der Waals surface area contributed by atoms with Gasteiger partial charge in [0.15, 0.2) is 5.78 Å². The molecule has 0 unspecified atom stereocenters. The average molecular weight is 465 g/mol. The fraction of sp³-hybridized carbons (Fsp3) is 0.552. The van der Waals surface area contributed by atoms with Gasteiger partial charge in [-0.05, 0) is 80.5 Å². The second-order valence-electron chi connectivity index (χ2n) is 10.3. The summed E-state index contributed by atoms with van der Waals surface area (Å²) in [4.78, 5) is 13.1. The van der Waals surface area contributed by atoms with Crippen molar-refractivity contribution in [3.63, 3.8) is 0 Å². The minimum absolute atomic E-state index is 0.147. The number of nitrogens with two attached hydrogens (primary N) is 2. The Hall–Kier alpha value is -2.69. The molecule has 0 amide bonds. The van der Waals surface area contributed by atoms with Crippen LogP contribution in [0.2, 0.25) is 0 Å². The van der Waals surface area contributed by atoms with Gasteiger partial charge in [-0.2, -0.15) is 0 Å². The highest BCUT2D eigenvalue weighted by atomic mass is 16.5. The van der Waals surface area contributed by atoms with Gasteiger partial charge in [0.05, 0.1) is 12.0 Å². The van der Waals surface area contributed by atoms with Gasteiger partial charge in [0.2, 0.25) is 0 Å². The van der Waals surface area contributed by atoms with Crippen LogP contribution in [-0.4, -0.2) is 11.4 Å². The standard InChI is InChI=1S/C27H34N2O3.C2H6/c1-17-2-4-18(5-3-17)19-8-10-27(11-9-19)16-25(30)24-15-22(6-7-26(24)32-27)31-23-13-20(28)12-21(29)14-23;1-2/h6-7,12-15,17-19H,2-5,8-11,16,28-29H2,1H3;1-2H3. The first-order valence-electron chi connectivity index (χ1n) is 13.1. The third-order valence-corrected chi connectivity index (χ3v) is 7.92. The van der Waals surface area contributed by atoms with E-state index in [0.29, 0.717) is 40.6 Å². The van der Waals surface area contributed by atoms with Gasteiger partial charge in [-0.1, -0.05) is 33.6 Å². The summed E-state index contributed by atoms with van der Waals surface area (Å²) in [5.41, 5.74) is 13.1. The van der Waals surface area contributed by atoms with Crippen molar-refractivity contribution in [1.82, 2.24) is 0 Å². The third-order valence-electron chi connectivity index (χ3n) is 7.92. The van der Waals surface area contributed by atoms with Crippen molar-refractivity contribution >= 4 is 17.2 Å². The van der Waals surface area contributed by atoms with Crippen LogP contribution < -0.4 is 20.9 Å². The van der Waals surface area contributed by atoms with Crippen molar-refractivity contribution in [3.8, 4) is 17.2 Å². The molecule has 3 aliphatic rings. The Labute approximate surface area is 204 Å². The number of fused-ring (bicyclic) bond motifs is 1. The number of ether oxygens (including phenoxy) is 2. The second kappa shape index (κ2) is 10.3. The van der Waals surface area contributed by atoms with Crippen molar-refractivity contribution < 1.29 is 14.3 Å². The number of hydrogen-bond donors (Lipinski definition) is 2. The zero-order valence-electron chi connectivity index (χ0n) is 20.9. The molecular weight excluding hydrogens is 424 g/mol. The fourth-order valence-corrected chi connectivity index (χ4v) is 6.05. The highest BCUT2D eigenvalue weighted by Crippen LogP contribution is 2.48. The molecule has 2 saturated carbocycles. The zero-order chi connectivity index (χ0) is 24.3. The number of hydrogen-bond acceptors (Lipinski definition) is 5. The number of benzene rings is 2. The van der Waals surface area contributed by atoms with E-state index < -0.39 is 0 Å². The van der Waals surface area contributed by atoms with Crippen molar-refractivity contribution in [1.29, 1.82) is 0 Å². The lowest BCUT2D eigenvalue weighted by molar-refractivity contribution is -0.00908. The zero-order valence-corrected chi connectivity index (χ0v) is 20.9. The number of ketones is 1. The van der Waals surface area contributed by atoms with E-state index in [9.17, 15) is 4.79 Å². The first-order valence-corrected chi connectivity index (χ1v) is 13.1. The Kier molecular flexibility index (Phi) is 7.39. The van der Waals surface area contributed by atoms with E-state index >= 15 is 0 Å². The summed E-state index contributed by atoms with van der Waals surface area (Å²) in [6.45, 7) is 6.38. The molecule has 2 aliphatic carbocycles. The van der Waals surface area contributed by atoms with Crippen LogP contribution in [0.1, 0.15) is 88.9 Å². The Morgan fingerprint density at radius 2 is 1.47 bits per heavy atom. The third kappa shape index (κ3) is 5.34. The van der Waals surface area contributed by atoms with E-state index in [4.69, 9.17) is 20.9 Å². The number of carbonyl (C=O) groups is 1. The Bertz CT molecular complexity index is 982. The number of carbonyl (C=O) groups excluding carboxylic acids is 1. The van der Waals surface area contributed by atoms with Crippen molar-refractivity contribution in [2.45, 2.75) is 84.2 Å². The Morgan fingerprint density at radius 1 is 0.853 bits per heavy atom. The van der Waals surface area contributed by atoms with Crippen molar-refractivity contribution in [2.24, 2.45) is 17.8 Å². The molecule has 0 bridgehead atoms. The van der Waals surface area contributed by atoms with E-state index in [-0.39, 0.29) is 11.4 Å². The van der Waals surface area contributed by atoms with E-state index in [1.54, 1.807) is 24.3 Å². The first kappa shape index (κ1) is 24.4. The van der Waals surface area contributed by atoms with E-state index in [1.165, 1.54) is 38.5 Å². The molecule has 0 aromatic heterocycles. The lowest BCUT2D eigenvalue weighted by Gasteiger charge is -2.45. The van der Waals surface area contributed by atoms with Crippen LogP contribution in [0, 0.1) is 17.8 Å². The quantitative estimate of drug-likeness (QED) is 0.462. The predicted octanol–water partition coefficient (Wildman–Crippen LogP) is 7.39. The van der Waals surface area contributed by atoms with Crippen molar-refractivity contribution in [3.05, 3.63) is 42.0 Å². The summed E-state index contributed by atoms with van der Waals surface area (Å²) in [5.74, 6) is 4.53. The van der Waals surface area contributed by atoms with Crippen LogP contribution in [0.5, 0.6) is 17.2 Å². The summed E-state index contributed by atoms with van der Waals surface area (Å²) < 4.78 is 12.4. The predicted molar refractivity (Wildman–Crippen MR) is 139 cm³/mol. The minimum atomic E-state index is -0.326. The molecular formula is C29H40N2O3. The van der Waals surface area contributed by atoms with Crippen LogP contribution in [0.15, 0.2) is 36.4 Å². The molecule has 2 aromatic carbocycles. The number of rotatable bonds is 3. The van der Waals surface area contributed by atoms with Gasteiger partial charge in [-0.25, -0.2) is 0 Å². The van der Waals surface area contributed by atoms with Crippen LogP contribution in [0.4, 0.5) is 11.4 Å². The molecule has 0 saturated heterocycles. The fourth-order valence-electron chi connectivity index (χ4n) is 6.05. The van der Waals surface area contributed by atoms with Gasteiger partial charge in [0, 0.05) is 23.5 Å². The van der Waals surface area contributed by atoms with E-state index in [2.05, 4.69) is 6.92 Å². The highest BCUT2D eigenvalue weighted by molar-refractivity contribution is 6.00. The normalized spacial score (nSPS) is 28.3. The van der Waals surface area contributed by atoms with E-state index in [0.717, 1.165) is 30.6 Å². The minimum Gasteiger partial charge on any atom is -0.486 e. The maximum Gasteiger partial charge on any atom is 0.170 e. The summed E-state index contributed by atoms with van der Waals surface area (Å²) >= 11 is 0. The van der Waals surface area contributed by atoms with Gasteiger partial charge >= 0.3 is 0 Å². The van der Waals surface area contributed by atoms with Crippen LogP contribution in [-0.2, 0) is 0 Å². The smallest absolute Gasteiger partial charge is 0.170 e. The monoisotopic (exact) mass is 464 g/mol. The van der Waals surface area contributed by atoms with Gasteiger partial charge in [0.25, 0.3) is 0 Å². The molecule has 0 radical (unpaired) electrons. The molecule has 1 aliphatic heterocycles. The first-order chi connectivity index (χ1) is 16.4. The molecule has 184 valence electrons. The van der Waals surface area contributed by atoms with E-state index in [1.807, 2.05) is 26.0 Å². The summed E-state index contributed by atoms with van der Waals surface area (Å²) in [6.07, 6.45) is 10.3. The number of nitrogen functional groups attached to an aromatic ring is 2. The highest BCUT2D eigenvalue weighted by Gasteiger charge is 2.44. The van der Waals surface area contributed by atoms with Gasteiger partial charge < -0.3 is 20.9 Å². The maximum atomic E-state index is 13.1. The summed E-state index contributed by atoms with van der Waals surface area (Å²) in [5, 5.41) is 0. The summed E-state index contributed by atoms with van der Waals surface area (Å²) in [6, 6.07) is 10.6. The largest absolute Gasteiger partial charge is 0.486 e. The number of Topliss-reactive ketones (excluding diaryl/α,β-unsaturated/α-hetero) is 1. The van der Waals surface area contributed by atoms with Crippen LogP contribution >= 0.6 is 0 Å². The molecule has 4 N–H and O–H groups in total. The van der Waals surface area contributed by atoms with Crippen LogP contribution in [0.3, 0.4) is 0 Å². The molecule has 5 rings (SSSR count). The van der Waals surface area contributed by atoms with Crippen LogP contribution in [0.25, 0.3) is 0 Å². The van der Waals surface area contributed by atoms with Gasteiger partial charge in [-0.3, -0.25) is 4.79 Å². The van der Waals surface area contributed by atoms with Gasteiger partial charge in [0.1, 0.15) is 22.8 Å². The average Bonchev–Trinajstić information content (AvgIpc) is 2.81. The Morgan fingerprint density at radius 3 is 2.12 bits per heavy atom. The molecule has 34 heavy (non-hydrogen) atoms. The molecule has 1 spiro atoms. The number of anilines is 2. The molecule has 2 aromatic rings. The lowest BCUT2D eigenvalue weighted by atomic mass is 9.67. The lowest BCUT2D eigenvalue weighted by Crippen LogP contribution is -2.45. The molecule has 5 nitrogen and oxygen atoms in total. The SMILES string of the molecule is CC.CC1CCC(C2CCC3(CC2)CC(=O)c2cc(Oc4cc(N)cc(N)c4)ccc2O3)CC1. The molecule has 0 atom stereocenters. The maximum absolute atomic E-state index is 13.1. The second-order valence-corrected chi connectivity index (χ2v) is 10.3. The van der Waals surface area contributed by atoms with Gasteiger partial charge in [-0.15, -0.1) is 0 Å². The molecule has 2 fully saturated rings.